The summed E-state index contributed by atoms with van der Waals surface area (Å²) in [7, 11) is 0. The van der Waals surface area contributed by atoms with E-state index in [1.165, 1.54) is 5.56 Å². The molecule has 1 N–H and O–H groups in total. The lowest BCUT2D eigenvalue weighted by Crippen LogP contribution is -2.35. The minimum Gasteiger partial charge on any atom is -0.352 e. The average Bonchev–Trinajstić information content (AvgIpc) is 2.97. The SMILES string of the molecule is C[C@@H](CCc1ccccc1)NC(=O)Cn1cnc2ccccc21. The van der Waals surface area contributed by atoms with Crippen molar-refractivity contribution < 1.29 is 4.79 Å². The van der Waals surface area contributed by atoms with Crippen molar-refractivity contribution in [2.75, 3.05) is 0 Å². The largest absolute Gasteiger partial charge is 0.352 e. The van der Waals surface area contributed by atoms with Gasteiger partial charge >= 0.3 is 0 Å². The average molecular weight is 307 g/mol. The van der Waals surface area contributed by atoms with Gasteiger partial charge in [0.1, 0.15) is 6.54 Å². The summed E-state index contributed by atoms with van der Waals surface area (Å²) in [5.41, 5.74) is 3.20. The van der Waals surface area contributed by atoms with Gasteiger partial charge in [-0.3, -0.25) is 4.79 Å². The van der Waals surface area contributed by atoms with Crippen molar-refractivity contribution in [2.24, 2.45) is 0 Å². The van der Waals surface area contributed by atoms with E-state index in [0.29, 0.717) is 6.54 Å². The molecule has 3 rings (SSSR count). The minimum absolute atomic E-state index is 0.0220. The lowest BCUT2D eigenvalue weighted by atomic mass is 10.1. The molecule has 0 saturated carbocycles. The number of nitrogens with zero attached hydrogens (tertiary/aromatic N) is 2. The van der Waals surface area contributed by atoms with Gasteiger partial charge in [-0.1, -0.05) is 42.5 Å². The zero-order valence-corrected chi connectivity index (χ0v) is 13.3. The van der Waals surface area contributed by atoms with Crippen LogP contribution in [0.3, 0.4) is 0 Å². The van der Waals surface area contributed by atoms with E-state index in [9.17, 15) is 4.79 Å². The van der Waals surface area contributed by atoms with E-state index >= 15 is 0 Å². The van der Waals surface area contributed by atoms with Gasteiger partial charge in [0.15, 0.2) is 0 Å². The third-order valence-electron chi connectivity index (χ3n) is 3.96. The Hall–Kier alpha value is -2.62. The predicted octanol–water partition coefficient (Wildman–Crippen LogP) is 3.17. The van der Waals surface area contributed by atoms with Crippen molar-refractivity contribution in [3.8, 4) is 0 Å². The fourth-order valence-electron chi connectivity index (χ4n) is 2.71. The van der Waals surface area contributed by atoms with Crippen LogP contribution in [0, 0.1) is 0 Å². The Morgan fingerprint density at radius 2 is 1.87 bits per heavy atom. The first-order valence-electron chi connectivity index (χ1n) is 7.95. The van der Waals surface area contributed by atoms with Gasteiger partial charge in [0.25, 0.3) is 0 Å². The Morgan fingerprint density at radius 3 is 2.70 bits per heavy atom. The van der Waals surface area contributed by atoms with Crippen molar-refractivity contribution in [3.05, 3.63) is 66.5 Å². The van der Waals surface area contributed by atoms with E-state index in [-0.39, 0.29) is 11.9 Å². The first-order chi connectivity index (χ1) is 11.2. The molecule has 4 heteroatoms. The molecule has 0 fully saturated rings. The first kappa shape index (κ1) is 15.3. The molecule has 0 unspecified atom stereocenters. The summed E-state index contributed by atoms with van der Waals surface area (Å²) in [6, 6.07) is 18.3. The van der Waals surface area contributed by atoms with Crippen LogP contribution in [0.4, 0.5) is 0 Å². The molecule has 118 valence electrons. The van der Waals surface area contributed by atoms with Crippen LogP contribution in [0.25, 0.3) is 11.0 Å². The number of hydrogen-bond acceptors (Lipinski definition) is 2. The Morgan fingerprint density at radius 1 is 1.13 bits per heavy atom. The summed E-state index contributed by atoms with van der Waals surface area (Å²) in [5, 5.41) is 3.07. The standard InChI is InChI=1S/C19H21N3O/c1-15(11-12-16-7-3-2-4-8-16)21-19(23)13-22-14-20-17-9-5-6-10-18(17)22/h2-10,14-15H,11-13H2,1H3,(H,21,23)/t15-/m0/s1. The molecule has 0 aliphatic carbocycles. The highest BCUT2D eigenvalue weighted by Crippen LogP contribution is 2.11. The number of rotatable bonds is 6. The molecule has 1 amide bonds. The van der Waals surface area contributed by atoms with Crippen molar-refractivity contribution >= 4 is 16.9 Å². The highest BCUT2D eigenvalue weighted by molar-refractivity contribution is 5.80. The second kappa shape index (κ2) is 7.09. The minimum atomic E-state index is 0.0220. The third-order valence-corrected chi connectivity index (χ3v) is 3.96. The van der Waals surface area contributed by atoms with Crippen molar-refractivity contribution in [1.29, 1.82) is 0 Å². The zero-order chi connectivity index (χ0) is 16.1. The molecule has 0 aliphatic rings. The van der Waals surface area contributed by atoms with Crippen molar-refractivity contribution in [2.45, 2.75) is 32.4 Å². The second-order valence-corrected chi connectivity index (χ2v) is 5.85. The van der Waals surface area contributed by atoms with Gasteiger partial charge in [0.05, 0.1) is 17.4 Å². The van der Waals surface area contributed by atoms with Gasteiger partial charge in [0, 0.05) is 6.04 Å². The first-order valence-corrected chi connectivity index (χ1v) is 7.95. The second-order valence-electron chi connectivity index (χ2n) is 5.85. The Balaban J connectivity index is 1.52. The van der Waals surface area contributed by atoms with Crippen LogP contribution in [-0.4, -0.2) is 21.5 Å². The van der Waals surface area contributed by atoms with Gasteiger partial charge in [-0.15, -0.1) is 0 Å². The highest BCUT2D eigenvalue weighted by Gasteiger charge is 2.10. The number of hydrogen-bond donors (Lipinski definition) is 1. The molecule has 23 heavy (non-hydrogen) atoms. The molecule has 0 saturated heterocycles. The van der Waals surface area contributed by atoms with E-state index in [1.807, 2.05) is 54.0 Å². The molecule has 1 atom stereocenters. The molecule has 2 aromatic carbocycles. The van der Waals surface area contributed by atoms with E-state index in [1.54, 1.807) is 6.33 Å². The van der Waals surface area contributed by atoms with Gasteiger partial charge in [-0.05, 0) is 37.5 Å². The maximum Gasteiger partial charge on any atom is 0.240 e. The third kappa shape index (κ3) is 3.97. The maximum absolute atomic E-state index is 12.2. The van der Waals surface area contributed by atoms with Gasteiger partial charge in [-0.25, -0.2) is 4.98 Å². The maximum atomic E-state index is 12.2. The van der Waals surface area contributed by atoms with Crippen LogP contribution < -0.4 is 5.32 Å². The van der Waals surface area contributed by atoms with Crippen molar-refractivity contribution in [3.63, 3.8) is 0 Å². The highest BCUT2D eigenvalue weighted by atomic mass is 16.2. The van der Waals surface area contributed by atoms with E-state index in [2.05, 4.69) is 22.4 Å². The molecular weight excluding hydrogens is 286 g/mol. The summed E-state index contributed by atoms with van der Waals surface area (Å²) in [4.78, 5) is 16.5. The van der Waals surface area contributed by atoms with Crippen molar-refractivity contribution in [1.82, 2.24) is 14.9 Å². The molecule has 0 spiro atoms. The number of amides is 1. The smallest absolute Gasteiger partial charge is 0.240 e. The normalized spacial score (nSPS) is 12.2. The summed E-state index contributed by atoms with van der Waals surface area (Å²) in [6.07, 6.45) is 3.62. The molecule has 4 nitrogen and oxygen atoms in total. The number of nitrogens with one attached hydrogen (secondary N) is 1. The lowest BCUT2D eigenvalue weighted by Gasteiger charge is -2.14. The number of carbonyl (C=O) groups excluding carboxylic acids is 1. The Bertz CT molecular complexity index is 779. The van der Waals surface area contributed by atoms with E-state index in [0.717, 1.165) is 23.9 Å². The number of aryl methyl sites for hydroxylation is 1. The summed E-state index contributed by atoms with van der Waals surface area (Å²) in [5.74, 6) is 0.0220. The van der Waals surface area contributed by atoms with Crippen LogP contribution in [0.5, 0.6) is 0 Å². The molecule has 1 aromatic heterocycles. The van der Waals surface area contributed by atoms with Crippen LogP contribution >= 0.6 is 0 Å². The number of benzene rings is 2. The Labute approximate surface area is 136 Å². The zero-order valence-electron chi connectivity index (χ0n) is 13.3. The fraction of sp³-hybridized carbons (Fsp3) is 0.263. The molecule has 1 heterocycles. The van der Waals surface area contributed by atoms with Gasteiger partial charge < -0.3 is 9.88 Å². The van der Waals surface area contributed by atoms with Crippen LogP contribution in [-0.2, 0) is 17.8 Å². The molecule has 0 radical (unpaired) electrons. The summed E-state index contributed by atoms with van der Waals surface area (Å²) >= 11 is 0. The number of carbonyl (C=O) groups is 1. The van der Waals surface area contributed by atoms with E-state index < -0.39 is 0 Å². The summed E-state index contributed by atoms with van der Waals surface area (Å²) in [6.45, 7) is 2.35. The van der Waals surface area contributed by atoms with E-state index in [4.69, 9.17) is 0 Å². The number of fused-ring (bicyclic) bond motifs is 1. The molecule has 3 aromatic rings. The van der Waals surface area contributed by atoms with Crippen LogP contribution in [0.2, 0.25) is 0 Å². The van der Waals surface area contributed by atoms with Crippen LogP contribution in [0.1, 0.15) is 18.9 Å². The Kier molecular flexibility index (Phi) is 4.71. The molecular formula is C19H21N3O. The van der Waals surface area contributed by atoms with Gasteiger partial charge in [-0.2, -0.15) is 0 Å². The quantitative estimate of drug-likeness (QED) is 0.760. The topological polar surface area (TPSA) is 46.9 Å². The predicted molar refractivity (Wildman–Crippen MR) is 92.1 cm³/mol. The van der Waals surface area contributed by atoms with Gasteiger partial charge in [0.2, 0.25) is 5.91 Å². The molecule has 0 aliphatic heterocycles. The number of aromatic nitrogens is 2. The number of imidazole rings is 1. The molecule has 0 bridgehead atoms. The monoisotopic (exact) mass is 307 g/mol. The fourth-order valence-corrected chi connectivity index (χ4v) is 2.71. The van der Waals surface area contributed by atoms with Crippen LogP contribution in [0.15, 0.2) is 60.9 Å². The summed E-state index contributed by atoms with van der Waals surface area (Å²) < 4.78 is 1.88. The number of para-hydroxylation sites is 2. The lowest BCUT2D eigenvalue weighted by molar-refractivity contribution is -0.122.